The summed E-state index contributed by atoms with van der Waals surface area (Å²) in [5.41, 5.74) is 0. The summed E-state index contributed by atoms with van der Waals surface area (Å²) >= 11 is 0. The molecule has 0 aliphatic carbocycles. The fourth-order valence-electron chi connectivity index (χ4n) is 1.22. The highest BCUT2D eigenvalue weighted by Crippen LogP contribution is 2.06. The molecule has 1 amide bonds. The number of likely N-dealkylation sites (N-methyl/N-ethyl adjacent to an activating group) is 1. The number of hydrogen-bond acceptors (Lipinski definition) is 2. The average Bonchev–Trinajstić information content (AvgIpc) is 1.94. The van der Waals surface area contributed by atoms with Crippen molar-refractivity contribution in [1.29, 1.82) is 0 Å². The van der Waals surface area contributed by atoms with Crippen LogP contribution in [0.5, 0.6) is 0 Å². The molecule has 1 rings (SSSR count). The molecule has 0 radical (unpaired) electrons. The van der Waals surface area contributed by atoms with Crippen molar-refractivity contribution in [2.45, 2.75) is 13.0 Å². The van der Waals surface area contributed by atoms with Crippen LogP contribution in [-0.2, 0) is 0 Å². The molecule has 0 saturated carbocycles. The molecule has 0 spiro atoms. The van der Waals surface area contributed by atoms with Crippen LogP contribution in [0.15, 0.2) is 0 Å². The molecule has 1 saturated heterocycles. The van der Waals surface area contributed by atoms with Crippen molar-refractivity contribution in [3.63, 3.8) is 0 Å². The Bertz CT molecular complexity index is 165. The molecule has 1 unspecified atom stereocenters. The lowest BCUT2D eigenvalue weighted by Gasteiger charge is -2.35. The first kappa shape index (κ1) is 11.5. The van der Waals surface area contributed by atoms with Gasteiger partial charge < -0.3 is 14.9 Å². The van der Waals surface area contributed by atoms with Crippen LogP contribution in [0.2, 0.25) is 0 Å². The molecule has 1 N–H and O–H groups in total. The molecular formula is C7H15ClN2O2. The predicted molar refractivity (Wildman–Crippen MR) is 48.9 cm³/mol. The zero-order valence-corrected chi connectivity index (χ0v) is 8.17. The quantitative estimate of drug-likeness (QED) is 0.618. The van der Waals surface area contributed by atoms with Gasteiger partial charge in [0.1, 0.15) is 0 Å². The largest absolute Gasteiger partial charge is 0.465 e. The molecule has 1 aliphatic rings. The van der Waals surface area contributed by atoms with Crippen molar-refractivity contribution in [2.24, 2.45) is 0 Å². The third-order valence-corrected chi connectivity index (χ3v) is 2.23. The number of rotatable bonds is 0. The molecule has 72 valence electrons. The Labute approximate surface area is 78.6 Å². The number of carboxylic acid groups (broad SMARTS) is 1. The third kappa shape index (κ3) is 2.53. The highest BCUT2D eigenvalue weighted by molar-refractivity contribution is 5.85. The molecule has 4 nitrogen and oxygen atoms in total. The smallest absolute Gasteiger partial charge is 0.407 e. The second kappa shape index (κ2) is 4.52. The van der Waals surface area contributed by atoms with Gasteiger partial charge in [-0.3, -0.25) is 0 Å². The van der Waals surface area contributed by atoms with E-state index in [1.54, 1.807) is 0 Å². The van der Waals surface area contributed by atoms with E-state index < -0.39 is 6.09 Å². The minimum absolute atomic E-state index is 0. The molecule has 1 atom stereocenters. The summed E-state index contributed by atoms with van der Waals surface area (Å²) < 4.78 is 0. The molecule has 0 aromatic heterocycles. The molecule has 12 heavy (non-hydrogen) atoms. The molecule has 1 aliphatic heterocycles. The van der Waals surface area contributed by atoms with E-state index in [2.05, 4.69) is 4.90 Å². The van der Waals surface area contributed by atoms with Gasteiger partial charge in [-0.25, -0.2) is 4.79 Å². The van der Waals surface area contributed by atoms with E-state index >= 15 is 0 Å². The van der Waals surface area contributed by atoms with Crippen molar-refractivity contribution in [1.82, 2.24) is 9.80 Å². The maximum Gasteiger partial charge on any atom is 0.407 e. The Hall–Kier alpha value is -0.480. The Morgan fingerprint density at radius 2 is 2.08 bits per heavy atom. The van der Waals surface area contributed by atoms with E-state index in [9.17, 15) is 4.79 Å². The summed E-state index contributed by atoms with van der Waals surface area (Å²) in [4.78, 5) is 14.1. The molecular weight excluding hydrogens is 180 g/mol. The van der Waals surface area contributed by atoms with Crippen LogP contribution in [0.1, 0.15) is 6.92 Å². The van der Waals surface area contributed by atoms with Crippen LogP contribution >= 0.6 is 12.4 Å². The summed E-state index contributed by atoms with van der Waals surface area (Å²) in [6.45, 7) is 4.14. The van der Waals surface area contributed by atoms with Crippen molar-refractivity contribution in [3.05, 3.63) is 0 Å². The lowest BCUT2D eigenvalue weighted by molar-refractivity contribution is 0.0893. The van der Waals surface area contributed by atoms with E-state index in [1.165, 1.54) is 4.90 Å². The molecule has 1 heterocycles. The van der Waals surface area contributed by atoms with E-state index in [4.69, 9.17) is 5.11 Å². The van der Waals surface area contributed by atoms with Gasteiger partial charge in [-0.15, -0.1) is 12.4 Å². The van der Waals surface area contributed by atoms with Gasteiger partial charge in [0.2, 0.25) is 0 Å². The number of piperazine rings is 1. The van der Waals surface area contributed by atoms with Crippen LogP contribution in [0.25, 0.3) is 0 Å². The molecule has 0 aromatic rings. The predicted octanol–water partition coefficient (Wildman–Crippen LogP) is 0.722. The third-order valence-electron chi connectivity index (χ3n) is 2.23. The maximum absolute atomic E-state index is 10.5. The minimum Gasteiger partial charge on any atom is -0.465 e. The first-order valence-corrected chi connectivity index (χ1v) is 3.79. The molecule has 1 fully saturated rings. The number of hydrogen-bond donors (Lipinski definition) is 1. The highest BCUT2D eigenvalue weighted by atomic mass is 35.5. The number of halogens is 1. The van der Waals surface area contributed by atoms with Gasteiger partial charge in [0.15, 0.2) is 0 Å². The van der Waals surface area contributed by atoms with E-state index in [1.807, 2.05) is 14.0 Å². The zero-order chi connectivity index (χ0) is 8.43. The van der Waals surface area contributed by atoms with Crippen LogP contribution in [0, 0.1) is 0 Å². The topological polar surface area (TPSA) is 43.8 Å². The molecule has 0 aromatic carbocycles. The second-order valence-electron chi connectivity index (χ2n) is 3.06. The highest BCUT2D eigenvalue weighted by Gasteiger charge is 2.23. The van der Waals surface area contributed by atoms with Gasteiger partial charge in [-0.2, -0.15) is 0 Å². The van der Waals surface area contributed by atoms with Gasteiger partial charge in [0.05, 0.1) is 0 Å². The van der Waals surface area contributed by atoms with Gasteiger partial charge in [0.25, 0.3) is 0 Å². The Balaban J connectivity index is 0.00000121. The van der Waals surface area contributed by atoms with E-state index in [0.29, 0.717) is 19.1 Å². The van der Waals surface area contributed by atoms with Gasteiger partial charge in [-0.1, -0.05) is 0 Å². The monoisotopic (exact) mass is 194 g/mol. The summed E-state index contributed by atoms with van der Waals surface area (Å²) in [7, 11) is 2.02. The number of amides is 1. The zero-order valence-electron chi connectivity index (χ0n) is 7.36. The van der Waals surface area contributed by atoms with E-state index in [-0.39, 0.29) is 12.4 Å². The van der Waals surface area contributed by atoms with E-state index in [0.717, 1.165) is 6.54 Å². The number of carbonyl (C=O) groups is 1. The normalized spacial score (nSPS) is 24.8. The lowest BCUT2D eigenvalue weighted by atomic mass is 10.2. The van der Waals surface area contributed by atoms with Crippen molar-refractivity contribution >= 4 is 18.5 Å². The van der Waals surface area contributed by atoms with Gasteiger partial charge in [-0.05, 0) is 14.0 Å². The second-order valence-corrected chi connectivity index (χ2v) is 3.06. The van der Waals surface area contributed by atoms with Crippen molar-refractivity contribution < 1.29 is 9.90 Å². The SMILES string of the molecule is CC1CN(C(=O)O)CCN1C.Cl. The van der Waals surface area contributed by atoms with Crippen LogP contribution < -0.4 is 0 Å². The Morgan fingerprint density at radius 3 is 2.50 bits per heavy atom. The van der Waals surface area contributed by atoms with Crippen LogP contribution in [0.4, 0.5) is 4.79 Å². The number of nitrogens with zero attached hydrogens (tertiary/aromatic N) is 2. The fraction of sp³-hybridized carbons (Fsp3) is 0.857. The minimum atomic E-state index is -0.801. The summed E-state index contributed by atoms with van der Waals surface area (Å²) in [6.07, 6.45) is -0.801. The van der Waals surface area contributed by atoms with Crippen LogP contribution in [0.3, 0.4) is 0 Å². The Kier molecular flexibility index (Phi) is 4.34. The molecule has 0 bridgehead atoms. The lowest BCUT2D eigenvalue weighted by Crippen LogP contribution is -2.51. The first-order valence-electron chi connectivity index (χ1n) is 3.79. The van der Waals surface area contributed by atoms with Gasteiger partial charge in [0, 0.05) is 25.7 Å². The standard InChI is InChI=1S/C7H14N2O2.ClH/c1-6-5-9(7(10)11)4-3-8(6)2;/h6H,3-5H2,1-2H3,(H,10,11);1H. The first-order chi connectivity index (χ1) is 5.11. The van der Waals surface area contributed by atoms with Crippen molar-refractivity contribution in [2.75, 3.05) is 26.7 Å². The fourth-order valence-corrected chi connectivity index (χ4v) is 1.22. The summed E-state index contributed by atoms with van der Waals surface area (Å²) in [5, 5.41) is 8.65. The summed E-state index contributed by atoms with van der Waals surface area (Å²) in [6, 6.07) is 0.347. The average molecular weight is 195 g/mol. The molecule has 5 heteroatoms. The Morgan fingerprint density at radius 1 is 1.50 bits per heavy atom. The maximum atomic E-state index is 10.5. The van der Waals surface area contributed by atoms with Gasteiger partial charge >= 0.3 is 6.09 Å². The van der Waals surface area contributed by atoms with Crippen molar-refractivity contribution in [3.8, 4) is 0 Å². The summed E-state index contributed by atoms with van der Waals surface area (Å²) in [5.74, 6) is 0. The van der Waals surface area contributed by atoms with Crippen LogP contribution in [-0.4, -0.2) is 53.7 Å².